The van der Waals surface area contributed by atoms with Gasteiger partial charge in [0, 0.05) is 6.54 Å². The first-order chi connectivity index (χ1) is 4.83. The van der Waals surface area contributed by atoms with E-state index in [1.807, 2.05) is 6.26 Å². The number of thioether (sulfide) groups is 1. The maximum Gasteiger partial charge on any atom is 0.218 e. The Bertz CT molecular complexity index is 177. The van der Waals surface area contributed by atoms with Gasteiger partial charge in [0.25, 0.3) is 0 Å². The highest BCUT2D eigenvalue weighted by Crippen LogP contribution is 2.10. The number of amidine groups is 1. The summed E-state index contributed by atoms with van der Waals surface area (Å²) >= 11 is 7.29. The monoisotopic (exact) mass is 176 g/mol. The molecular weight excluding hydrogens is 168 g/mol. The van der Waals surface area contributed by atoms with Crippen molar-refractivity contribution in [1.82, 2.24) is 0 Å². The molecule has 0 atom stereocenters. The molecule has 1 rings (SSSR count). The summed E-state index contributed by atoms with van der Waals surface area (Å²) in [5.41, 5.74) is 0. The Kier molecular flexibility index (Phi) is 3.22. The van der Waals surface area contributed by atoms with Gasteiger partial charge >= 0.3 is 0 Å². The Morgan fingerprint density at radius 3 is 3.10 bits per heavy atom. The fourth-order valence-corrected chi connectivity index (χ4v) is 1.51. The van der Waals surface area contributed by atoms with Gasteiger partial charge in [-0.25, -0.2) is 4.99 Å². The van der Waals surface area contributed by atoms with Crippen molar-refractivity contribution in [1.29, 1.82) is 0 Å². The smallest absolute Gasteiger partial charge is 0.218 e. The van der Waals surface area contributed by atoms with Gasteiger partial charge in [0.05, 0.1) is 5.04 Å². The molecule has 4 heteroatoms. The molecule has 0 radical (unpaired) electrons. The lowest BCUT2D eigenvalue weighted by Crippen LogP contribution is -1.91. The number of hydrogen-bond acceptors (Lipinski definition) is 3. The number of hydrogen-bond donors (Lipinski definition) is 0. The zero-order valence-corrected chi connectivity index (χ0v) is 7.37. The van der Waals surface area contributed by atoms with E-state index in [2.05, 4.69) is 9.98 Å². The predicted molar refractivity (Wildman–Crippen MR) is 48.3 cm³/mol. The van der Waals surface area contributed by atoms with E-state index < -0.39 is 0 Å². The lowest BCUT2D eigenvalue weighted by Gasteiger charge is -1.94. The molecule has 0 unspecified atom stereocenters. The van der Waals surface area contributed by atoms with Gasteiger partial charge in [-0.2, -0.15) is 0 Å². The summed E-state index contributed by atoms with van der Waals surface area (Å²) in [7, 11) is 0. The first-order valence-corrected chi connectivity index (χ1v) is 4.74. The first kappa shape index (κ1) is 8.08. The van der Waals surface area contributed by atoms with Gasteiger partial charge in [-0.15, -0.1) is 11.8 Å². The summed E-state index contributed by atoms with van der Waals surface area (Å²) in [6.45, 7) is 0.812. The van der Waals surface area contributed by atoms with Crippen molar-refractivity contribution in [2.24, 2.45) is 9.98 Å². The van der Waals surface area contributed by atoms with E-state index >= 15 is 0 Å². The largest absolute Gasteiger partial charge is 0.256 e. The third-order valence-electron chi connectivity index (χ3n) is 1.24. The van der Waals surface area contributed by atoms with Crippen LogP contribution in [0.2, 0.25) is 0 Å². The van der Waals surface area contributed by atoms with Crippen molar-refractivity contribution < 1.29 is 0 Å². The van der Waals surface area contributed by atoms with Gasteiger partial charge in [0.1, 0.15) is 0 Å². The van der Waals surface area contributed by atoms with Crippen molar-refractivity contribution in [3.63, 3.8) is 0 Å². The maximum atomic E-state index is 5.64. The molecule has 0 fully saturated rings. The highest BCUT2D eigenvalue weighted by atomic mass is 35.5. The molecule has 0 aromatic heterocycles. The average molecular weight is 177 g/mol. The molecule has 0 aromatic carbocycles. The van der Waals surface area contributed by atoms with Gasteiger partial charge in [0.15, 0.2) is 0 Å². The molecule has 0 saturated heterocycles. The van der Waals surface area contributed by atoms with Crippen LogP contribution in [0.1, 0.15) is 12.8 Å². The van der Waals surface area contributed by atoms with Crippen molar-refractivity contribution in [3.8, 4) is 0 Å². The number of halogens is 1. The first-order valence-electron chi connectivity index (χ1n) is 3.14. The van der Waals surface area contributed by atoms with Crippen LogP contribution in [0.25, 0.3) is 0 Å². The summed E-state index contributed by atoms with van der Waals surface area (Å²) in [5, 5.41) is 1.49. The highest BCUT2D eigenvalue weighted by Gasteiger charge is 2.02. The van der Waals surface area contributed by atoms with Gasteiger partial charge in [-0.05, 0) is 30.7 Å². The SMILES string of the molecule is CSC1=NC(Cl)=NCCC1. The minimum Gasteiger partial charge on any atom is -0.256 e. The predicted octanol–water partition coefficient (Wildman–Crippen LogP) is 2.14. The lowest BCUT2D eigenvalue weighted by atomic mass is 10.3. The quantitative estimate of drug-likeness (QED) is 0.519. The van der Waals surface area contributed by atoms with Crippen LogP contribution in [0.3, 0.4) is 0 Å². The van der Waals surface area contributed by atoms with Gasteiger partial charge in [-0.1, -0.05) is 0 Å². The molecule has 0 amide bonds. The molecule has 0 saturated carbocycles. The second-order valence-electron chi connectivity index (χ2n) is 1.96. The molecular formula is C6H9ClN2S. The molecule has 10 heavy (non-hydrogen) atoms. The summed E-state index contributed by atoms with van der Waals surface area (Å²) < 4.78 is 0. The highest BCUT2D eigenvalue weighted by molar-refractivity contribution is 8.13. The maximum absolute atomic E-state index is 5.64. The second kappa shape index (κ2) is 3.98. The normalized spacial score (nSPS) is 19.4. The lowest BCUT2D eigenvalue weighted by molar-refractivity contribution is 0.895. The van der Waals surface area contributed by atoms with Crippen LogP contribution >= 0.6 is 23.4 Å². The molecule has 1 aliphatic rings. The summed E-state index contributed by atoms with van der Waals surface area (Å²) in [6, 6.07) is 0. The standard InChI is InChI=1S/C6H9ClN2S/c1-10-5-3-2-4-8-6(7)9-5/h2-4H2,1H3. The fraction of sp³-hybridized carbons (Fsp3) is 0.667. The van der Waals surface area contributed by atoms with E-state index in [0.29, 0.717) is 5.29 Å². The van der Waals surface area contributed by atoms with E-state index in [4.69, 9.17) is 11.6 Å². The molecule has 0 aliphatic carbocycles. The van der Waals surface area contributed by atoms with Crippen LogP contribution in [0.5, 0.6) is 0 Å². The van der Waals surface area contributed by atoms with E-state index in [9.17, 15) is 0 Å². The molecule has 0 bridgehead atoms. The van der Waals surface area contributed by atoms with Crippen LogP contribution in [0.15, 0.2) is 9.98 Å². The average Bonchev–Trinajstić information content (AvgIpc) is 2.13. The molecule has 0 spiro atoms. The number of rotatable bonds is 0. The third kappa shape index (κ3) is 2.31. The molecule has 1 aliphatic heterocycles. The Morgan fingerprint density at radius 2 is 2.40 bits per heavy atom. The van der Waals surface area contributed by atoms with Crippen molar-refractivity contribution >= 4 is 33.7 Å². The van der Waals surface area contributed by atoms with Crippen molar-refractivity contribution in [3.05, 3.63) is 0 Å². The fourth-order valence-electron chi connectivity index (χ4n) is 0.743. The molecule has 56 valence electrons. The van der Waals surface area contributed by atoms with Crippen LogP contribution in [0, 0.1) is 0 Å². The summed E-state index contributed by atoms with van der Waals surface area (Å²) in [5.74, 6) is 0. The van der Waals surface area contributed by atoms with E-state index in [1.54, 1.807) is 11.8 Å². The Balaban J connectivity index is 2.65. The van der Waals surface area contributed by atoms with Crippen LogP contribution in [-0.4, -0.2) is 23.1 Å². The van der Waals surface area contributed by atoms with Gasteiger partial charge in [-0.3, -0.25) is 4.99 Å². The number of nitrogens with zero attached hydrogens (tertiary/aromatic N) is 2. The third-order valence-corrected chi connectivity index (χ3v) is 2.21. The molecule has 1 heterocycles. The minimum absolute atomic E-state index is 0.404. The van der Waals surface area contributed by atoms with Crippen molar-refractivity contribution in [2.45, 2.75) is 12.8 Å². The van der Waals surface area contributed by atoms with Crippen LogP contribution in [0.4, 0.5) is 0 Å². The molecule has 0 aromatic rings. The minimum atomic E-state index is 0.404. The Hall–Kier alpha value is -0.0200. The summed E-state index contributed by atoms with van der Waals surface area (Å²) in [6.07, 6.45) is 4.09. The number of aliphatic imine (C=N–C) groups is 2. The Morgan fingerprint density at radius 1 is 1.60 bits per heavy atom. The van der Waals surface area contributed by atoms with Gasteiger partial charge < -0.3 is 0 Å². The van der Waals surface area contributed by atoms with E-state index in [1.165, 1.54) is 0 Å². The Labute approximate surface area is 69.8 Å². The summed E-state index contributed by atoms with van der Waals surface area (Å²) in [4.78, 5) is 8.09. The van der Waals surface area contributed by atoms with Crippen LogP contribution < -0.4 is 0 Å². The molecule has 0 N–H and O–H groups in total. The van der Waals surface area contributed by atoms with E-state index in [-0.39, 0.29) is 0 Å². The second-order valence-corrected chi connectivity index (χ2v) is 3.18. The van der Waals surface area contributed by atoms with E-state index in [0.717, 1.165) is 24.4 Å². The van der Waals surface area contributed by atoms with Crippen molar-refractivity contribution in [2.75, 3.05) is 12.8 Å². The zero-order valence-electron chi connectivity index (χ0n) is 5.80. The zero-order chi connectivity index (χ0) is 7.40. The topological polar surface area (TPSA) is 24.7 Å². The van der Waals surface area contributed by atoms with Gasteiger partial charge in [0.2, 0.25) is 5.29 Å². The molecule has 2 nitrogen and oxygen atoms in total. The van der Waals surface area contributed by atoms with Crippen LogP contribution in [-0.2, 0) is 0 Å².